The molecule has 0 saturated heterocycles. The van der Waals surface area contributed by atoms with Crippen LogP contribution in [-0.2, 0) is 16.0 Å². The van der Waals surface area contributed by atoms with E-state index in [-0.39, 0.29) is 18.4 Å². The molecule has 0 spiro atoms. The molecule has 0 amide bonds. The average Bonchev–Trinajstić information content (AvgIpc) is 2.33. The van der Waals surface area contributed by atoms with E-state index in [9.17, 15) is 31.1 Å². The lowest BCUT2D eigenvalue weighted by Crippen LogP contribution is -2.18. The van der Waals surface area contributed by atoms with Crippen LogP contribution < -0.4 is 4.74 Å². The summed E-state index contributed by atoms with van der Waals surface area (Å²) in [5.41, 5.74) is -5.04. The Morgan fingerprint density at radius 2 is 1.82 bits per heavy atom. The monoisotopic (exact) mass is 348 g/mol. The number of alkyl halides is 6. The van der Waals surface area contributed by atoms with Gasteiger partial charge in [-0.25, -0.2) is 0 Å². The Morgan fingerprint density at radius 1 is 1.18 bits per heavy atom. The summed E-state index contributed by atoms with van der Waals surface area (Å²) < 4.78 is 82.4. The van der Waals surface area contributed by atoms with Gasteiger partial charge in [-0.15, -0.1) is 13.2 Å². The molecular formula is C12H10F6O3S. The predicted octanol–water partition coefficient (Wildman–Crippen LogP) is 4.30. The molecule has 1 aromatic carbocycles. The molecule has 0 saturated carbocycles. The number of hydrogen-bond donors (Lipinski definition) is 0. The van der Waals surface area contributed by atoms with Crippen molar-refractivity contribution in [1.29, 1.82) is 0 Å². The number of halogens is 6. The second kappa shape index (κ2) is 7.12. The van der Waals surface area contributed by atoms with Crippen molar-refractivity contribution in [3.8, 4) is 5.75 Å². The largest absolute Gasteiger partial charge is 0.573 e. The lowest BCUT2D eigenvalue weighted by atomic mass is 10.1. The Labute approximate surface area is 125 Å². The Morgan fingerprint density at radius 3 is 2.32 bits per heavy atom. The molecule has 0 unspecified atom stereocenters. The topological polar surface area (TPSA) is 35.5 Å². The van der Waals surface area contributed by atoms with Crippen LogP contribution in [0.3, 0.4) is 0 Å². The van der Waals surface area contributed by atoms with Crippen LogP contribution in [0, 0.1) is 0 Å². The summed E-state index contributed by atoms with van der Waals surface area (Å²) in [4.78, 5) is 10.6. The van der Waals surface area contributed by atoms with Gasteiger partial charge in [-0.05, 0) is 30.3 Å². The molecule has 0 fully saturated rings. The van der Waals surface area contributed by atoms with Crippen molar-refractivity contribution in [2.75, 3.05) is 7.11 Å². The first-order chi connectivity index (χ1) is 10.0. The van der Waals surface area contributed by atoms with Gasteiger partial charge in [0.1, 0.15) is 5.75 Å². The Hall–Kier alpha value is -1.58. The predicted molar refractivity (Wildman–Crippen MR) is 65.4 cm³/mol. The van der Waals surface area contributed by atoms with E-state index in [2.05, 4.69) is 9.47 Å². The second-order valence-corrected chi connectivity index (χ2v) is 5.01. The molecule has 0 radical (unpaired) electrons. The van der Waals surface area contributed by atoms with E-state index in [1.807, 2.05) is 0 Å². The van der Waals surface area contributed by atoms with Gasteiger partial charge in [0, 0.05) is 16.9 Å². The van der Waals surface area contributed by atoms with Gasteiger partial charge in [0.25, 0.3) is 0 Å². The van der Waals surface area contributed by atoms with E-state index in [1.165, 1.54) is 0 Å². The smallest absolute Gasteiger partial charge is 0.469 e. The van der Waals surface area contributed by atoms with Gasteiger partial charge in [-0.1, -0.05) is 6.07 Å². The number of benzene rings is 1. The normalized spacial score (nSPS) is 12.1. The molecule has 0 bridgehead atoms. The van der Waals surface area contributed by atoms with Gasteiger partial charge in [0.15, 0.2) is 0 Å². The fourth-order valence-corrected chi connectivity index (χ4v) is 2.28. The highest BCUT2D eigenvalue weighted by Gasteiger charge is 2.35. The summed E-state index contributed by atoms with van der Waals surface area (Å²) in [5.74, 6) is -1.53. The molecule has 3 nitrogen and oxygen atoms in total. The molecule has 0 aromatic heterocycles. The van der Waals surface area contributed by atoms with Gasteiger partial charge >= 0.3 is 17.8 Å². The second-order valence-electron chi connectivity index (χ2n) is 3.90. The number of carbonyl (C=O) groups is 1. The van der Waals surface area contributed by atoms with E-state index in [4.69, 9.17) is 0 Å². The summed E-state index contributed by atoms with van der Waals surface area (Å²) >= 11 is -0.573. The molecule has 0 atom stereocenters. The van der Waals surface area contributed by atoms with Crippen molar-refractivity contribution >= 4 is 17.7 Å². The zero-order chi connectivity index (χ0) is 17.0. The molecule has 0 aliphatic rings. The summed E-state index contributed by atoms with van der Waals surface area (Å²) in [6.07, 6.45) is -5.81. The molecular weight excluding hydrogens is 338 g/mol. The van der Waals surface area contributed by atoms with Crippen LogP contribution in [0.25, 0.3) is 0 Å². The lowest BCUT2D eigenvalue weighted by molar-refractivity contribution is -0.275. The fourth-order valence-electron chi connectivity index (χ4n) is 1.56. The van der Waals surface area contributed by atoms with Crippen molar-refractivity contribution in [3.63, 3.8) is 0 Å². The standard InChI is InChI=1S/C12H10F6O3S/c1-20-10(19)6-5-7-8(21-11(13,14)15)3-2-4-9(7)22-12(16,17)18/h2-4H,5-6H2,1H3. The number of methoxy groups -OCH3 is 1. The van der Waals surface area contributed by atoms with Crippen LogP contribution >= 0.6 is 11.8 Å². The Bertz CT molecular complexity index is 492. The molecule has 0 N–H and O–H groups in total. The van der Waals surface area contributed by atoms with Crippen LogP contribution in [0.2, 0.25) is 0 Å². The maximum atomic E-state index is 12.5. The molecule has 0 aliphatic carbocycles. The Balaban J connectivity index is 3.14. The maximum Gasteiger partial charge on any atom is 0.573 e. The average molecular weight is 348 g/mol. The quantitative estimate of drug-likeness (QED) is 0.451. The SMILES string of the molecule is COC(=O)CCc1c(OC(F)(F)F)cccc1SC(F)(F)F. The lowest BCUT2D eigenvalue weighted by Gasteiger charge is -2.17. The van der Waals surface area contributed by atoms with E-state index < -0.39 is 40.2 Å². The molecule has 0 aliphatic heterocycles. The molecule has 1 rings (SSSR count). The minimum absolute atomic E-state index is 0.354. The number of carbonyl (C=O) groups excluding carboxylic acids is 1. The van der Waals surface area contributed by atoms with E-state index in [0.717, 1.165) is 25.3 Å². The summed E-state index contributed by atoms with van der Waals surface area (Å²) in [6, 6.07) is 2.91. The van der Waals surface area contributed by atoms with Crippen molar-refractivity contribution in [2.24, 2.45) is 0 Å². The van der Waals surface area contributed by atoms with Crippen LogP contribution in [0.1, 0.15) is 12.0 Å². The van der Waals surface area contributed by atoms with Gasteiger partial charge in [0.05, 0.1) is 7.11 Å². The van der Waals surface area contributed by atoms with Crippen molar-refractivity contribution in [2.45, 2.75) is 29.6 Å². The van der Waals surface area contributed by atoms with E-state index in [0.29, 0.717) is 0 Å². The number of rotatable bonds is 5. The third kappa shape index (κ3) is 6.46. The van der Waals surface area contributed by atoms with E-state index in [1.54, 1.807) is 0 Å². The highest BCUT2D eigenvalue weighted by Crippen LogP contribution is 2.42. The summed E-state index contributed by atoms with van der Waals surface area (Å²) in [7, 11) is 1.06. The third-order valence-corrected chi connectivity index (χ3v) is 3.18. The van der Waals surface area contributed by atoms with Crippen molar-refractivity contribution in [1.82, 2.24) is 0 Å². The van der Waals surface area contributed by atoms with Gasteiger partial charge < -0.3 is 9.47 Å². The molecule has 10 heteroatoms. The number of thioether (sulfide) groups is 1. The van der Waals surface area contributed by atoms with E-state index >= 15 is 0 Å². The summed E-state index contributed by atoms with van der Waals surface area (Å²) in [6.45, 7) is 0. The van der Waals surface area contributed by atoms with Crippen LogP contribution in [0.5, 0.6) is 5.75 Å². The van der Waals surface area contributed by atoms with Gasteiger partial charge in [-0.3, -0.25) is 4.79 Å². The molecule has 0 heterocycles. The number of ether oxygens (including phenoxy) is 2. The number of hydrogen-bond acceptors (Lipinski definition) is 4. The van der Waals surface area contributed by atoms with Crippen molar-refractivity contribution < 1.29 is 40.6 Å². The molecule has 124 valence electrons. The first kappa shape index (κ1) is 18.5. The Kier molecular flexibility index (Phi) is 5.98. The minimum atomic E-state index is -5.05. The minimum Gasteiger partial charge on any atom is -0.469 e. The fraction of sp³-hybridized carbons (Fsp3) is 0.417. The molecule has 22 heavy (non-hydrogen) atoms. The molecule has 1 aromatic rings. The van der Waals surface area contributed by atoms with Crippen molar-refractivity contribution in [3.05, 3.63) is 23.8 Å². The van der Waals surface area contributed by atoms with Crippen LogP contribution in [0.15, 0.2) is 23.1 Å². The maximum absolute atomic E-state index is 12.5. The summed E-state index contributed by atoms with van der Waals surface area (Å²) in [5, 5.41) is 0. The third-order valence-electron chi connectivity index (χ3n) is 2.35. The van der Waals surface area contributed by atoms with Crippen LogP contribution in [0.4, 0.5) is 26.3 Å². The highest BCUT2D eigenvalue weighted by molar-refractivity contribution is 8.00. The number of esters is 1. The first-order valence-electron chi connectivity index (χ1n) is 5.72. The first-order valence-corrected chi connectivity index (χ1v) is 6.53. The van der Waals surface area contributed by atoms with Gasteiger partial charge in [0.2, 0.25) is 0 Å². The van der Waals surface area contributed by atoms with Gasteiger partial charge in [-0.2, -0.15) is 13.2 Å². The highest BCUT2D eigenvalue weighted by atomic mass is 32.2. The van der Waals surface area contributed by atoms with Crippen LogP contribution in [-0.4, -0.2) is 24.9 Å². The zero-order valence-electron chi connectivity index (χ0n) is 11.0. The zero-order valence-corrected chi connectivity index (χ0v) is 11.9.